The summed E-state index contributed by atoms with van der Waals surface area (Å²) in [6.45, 7) is 1.14. The van der Waals surface area contributed by atoms with Crippen molar-refractivity contribution in [3.63, 3.8) is 0 Å². The molecule has 2 aliphatic rings. The smallest absolute Gasteiger partial charge is 0.0715 e. The Bertz CT molecular complexity index is 142. The average Bonchev–Trinajstić information content (AvgIpc) is 2.60. The second-order valence-corrected chi connectivity index (χ2v) is 3.67. The number of hydrogen-bond acceptors (Lipinski definition) is 2. The van der Waals surface area contributed by atoms with Crippen LogP contribution in [-0.4, -0.2) is 37.2 Å². The standard InChI is InChI=1S/C8H15NO/c1-9-6-7(10-2)5-8(9)3-4-8/h7H,3-6H2,1-2H3. The number of hydrogen-bond donors (Lipinski definition) is 0. The molecule has 1 unspecified atom stereocenters. The molecule has 0 amide bonds. The summed E-state index contributed by atoms with van der Waals surface area (Å²) in [5, 5.41) is 0. The summed E-state index contributed by atoms with van der Waals surface area (Å²) in [6.07, 6.45) is 4.56. The van der Waals surface area contributed by atoms with Gasteiger partial charge < -0.3 is 4.74 Å². The molecular formula is C8H15NO. The van der Waals surface area contributed by atoms with Crippen molar-refractivity contribution < 1.29 is 4.74 Å². The summed E-state index contributed by atoms with van der Waals surface area (Å²) in [5.74, 6) is 0. The molecular weight excluding hydrogens is 126 g/mol. The molecule has 2 rings (SSSR count). The number of likely N-dealkylation sites (N-methyl/N-ethyl adjacent to an activating group) is 1. The molecule has 0 aromatic carbocycles. The van der Waals surface area contributed by atoms with Crippen molar-refractivity contribution in [2.45, 2.75) is 30.9 Å². The molecule has 2 nitrogen and oxygen atoms in total. The van der Waals surface area contributed by atoms with Gasteiger partial charge in [-0.1, -0.05) is 0 Å². The first-order chi connectivity index (χ1) is 4.77. The summed E-state index contributed by atoms with van der Waals surface area (Å²) >= 11 is 0. The second kappa shape index (κ2) is 1.95. The van der Waals surface area contributed by atoms with Crippen LogP contribution in [0.2, 0.25) is 0 Å². The van der Waals surface area contributed by atoms with Gasteiger partial charge in [-0.3, -0.25) is 4.90 Å². The van der Waals surface area contributed by atoms with Gasteiger partial charge in [0.2, 0.25) is 0 Å². The summed E-state index contributed by atoms with van der Waals surface area (Å²) in [7, 11) is 4.03. The van der Waals surface area contributed by atoms with Gasteiger partial charge in [0.15, 0.2) is 0 Å². The predicted molar refractivity (Wildman–Crippen MR) is 40.0 cm³/mol. The summed E-state index contributed by atoms with van der Waals surface area (Å²) < 4.78 is 5.32. The van der Waals surface area contributed by atoms with Gasteiger partial charge >= 0.3 is 0 Å². The van der Waals surface area contributed by atoms with Crippen molar-refractivity contribution in [3.8, 4) is 0 Å². The van der Waals surface area contributed by atoms with Gasteiger partial charge in [-0.2, -0.15) is 0 Å². The fourth-order valence-corrected chi connectivity index (χ4v) is 2.03. The maximum absolute atomic E-state index is 5.32. The molecule has 2 fully saturated rings. The van der Waals surface area contributed by atoms with Crippen molar-refractivity contribution in [1.29, 1.82) is 0 Å². The Kier molecular flexibility index (Phi) is 1.29. The quantitative estimate of drug-likeness (QED) is 0.537. The fraction of sp³-hybridized carbons (Fsp3) is 1.00. The normalized spacial score (nSPS) is 37.2. The number of nitrogens with zero attached hydrogens (tertiary/aromatic N) is 1. The monoisotopic (exact) mass is 141 g/mol. The Balaban J connectivity index is 2.01. The van der Waals surface area contributed by atoms with Crippen LogP contribution in [0, 0.1) is 0 Å². The summed E-state index contributed by atoms with van der Waals surface area (Å²) in [6, 6.07) is 0. The highest BCUT2D eigenvalue weighted by Crippen LogP contribution is 2.48. The molecule has 2 heteroatoms. The minimum Gasteiger partial charge on any atom is -0.380 e. The number of rotatable bonds is 1. The van der Waals surface area contributed by atoms with Crippen molar-refractivity contribution in [2.24, 2.45) is 0 Å². The van der Waals surface area contributed by atoms with E-state index in [2.05, 4.69) is 11.9 Å². The van der Waals surface area contributed by atoms with Crippen LogP contribution in [0.5, 0.6) is 0 Å². The fourth-order valence-electron chi connectivity index (χ4n) is 2.03. The Morgan fingerprint density at radius 2 is 2.20 bits per heavy atom. The van der Waals surface area contributed by atoms with Crippen molar-refractivity contribution in [1.82, 2.24) is 4.90 Å². The van der Waals surface area contributed by atoms with Crippen LogP contribution >= 0.6 is 0 Å². The minimum absolute atomic E-state index is 0.507. The highest BCUT2D eigenvalue weighted by molar-refractivity contribution is 5.08. The van der Waals surface area contributed by atoms with Crippen LogP contribution in [0.1, 0.15) is 19.3 Å². The summed E-state index contributed by atoms with van der Waals surface area (Å²) in [5.41, 5.74) is 0.584. The van der Waals surface area contributed by atoms with Gasteiger partial charge in [0.05, 0.1) is 6.10 Å². The zero-order valence-corrected chi connectivity index (χ0v) is 6.76. The topological polar surface area (TPSA) is 12.5 Å². The SMILES string of the molecule is COC1CN(C)C2(CC2)C1. The van der Waals surface area contributed by atoms with Gasteiger partial charge in [0.1, 0.15) is 0 Å². The van der Waals surface area contributed by atoms with Gasteiger partial charge in [-0.25, -0.2) is 0 Å². The molecule has 1 aliphatic carbocycles. The Labute approximate surface area is 62.2 Å². The predicted octanol–water partition coefficient (Wildman–Crippen LogP) is 0.869. The lowest BCUT2D eigenvalue weighted by atomic mass is 10.2. The third-order valence-electron chi connectivity index (χ3n) is 3.06. The number of likely N-dealkylation sites (tertiary alicyclic amines) is 1. The Hall–Kier alpha value is -0.0800. The van der Waals surface area contributed by atoms with Gasteiger partial charge in [-0.15, -0.1) is 0 Å². The average molecular weight is 141 g/mol. The van der Waals surface area contributed by atoms with E-state index in [0.717, 1.165) is 6.54 Å². The lowest BCUT2D eigenvalue weighted by molar-refractivity contribution is 0.111. The zero-order chi connectivity index (χ0) is 7.19. The lowest BCUT2D eigenvalue weighted by Crippen LogP contribution is -2.26. The Morgan fingerprint density at radius 1 is 1.50 bits per heavy atom. The van der Waals surface area contributed by atoms with E-state index in [-0.39, 0.29) is 0 Å². The van der Waals surface area contributed by atoms with Crippen LogP contribution in [0.3, 0.4) is 0 Å². The second-order valence-electron chi connectivity index (χ2n) is 3.67. The molecule has 0 aromatic heterocycles. The molecule has 58 valence electrons. The van der Waals surface area contributed by atoms with E-state index in [4.69, 9.17) is 4.74 Å². The van der Waals surface area contributed by atoms with Crippen molar-refractivity contribution in [2.75, 3.05) is 20.7 Å². The van der Waals surface area contributed by atoms with E-state index >= 15 is 0 Å². The van der Waals surface area contributed by atoms with Crippen LogP contribution in [0.4, 0.5) is 0 Å². The molecule has 0 bridgehead atoms. The first-order valence-electron chi connectivity index (χ1n) is 4.01. The van der Waals surface area contributed by atoms with E-state index in [1.807, 2.05) is 7.11 Å². The van der Waals surface area contributed by atoms with Gasteiger partial charge in [0, 0.05) is 19.2 Å². The molecule has 1 spiro atoms. The van der Waals surface area contributed by atoms with Crippen molar-refractivity contribution >= 4 is 0 Å². The van der Waals surface area contributed by atoms with Crippen LogP contribution in [-0.2, 0) is 4.74 Å². The first kappa shape index (κ1) is 6.62. The summed E-state index contributed by atoms with van der Waals surface area (Å²) in [4.78, 5) is 2.46. The van der Waals surface area contributed by atoms with E-state index < -0.39 is 0 Å². The van der Waals surface area contributed by atoms with E-state index in [0.29, 0.717) is 11.6 Å². The molecule has 1 heterocycles. The minimum atomic E-state index is 0.507. The maximum Gasteiger partial charge on any atom is 0.0715 e. The van der Waals surface area contributed by atoms with Crippen LogP contribution < -0.4 is 0 Å². The van der Waals surface area contributed by atoms with Crippen molar-refractivity contribution in [3.05, 3.63) is 0 Å². The molecule has 1 atom stereocenters. The van der Waals surface area contributed by atoms with E-state index in [1.54, 1.807) is 0 Å². The molecule has 1 aliphatic heterocycles. The number of methoxy groups -OCH3 is 1. The van der Waals surface area contributed by atoms with E-state index in [1.165, 1.54) is 19.3 Å². The van der Waals surface area contributed by atoms with Gasteiger partial charge in [0.25, 0.3) is 0 Å². The van der Waals surface area contributed by atoms with E-state index in [9.17, 15) is 0 Å². The zero-order valence-electron chi connectivity index (χ0n) is 6.76. The lowest BCUT2D eigenvalue weighted by Gasteiger charge is -2.16. The molecule has 0 radical (unpaired) electrons. The number of ether oxygens (including phenoxy) is 1. The molecule has 0 aromatic rings. The Morgan fingerprint density at radius 3 is 2.50 bits per heavy atom. The molecule has 10 heavy (non-hydrogen) atoms. The molecule has 1 saturated carbocycles. The largest absolute Gasteiger partial charge is 0.380 e. The third-order valence-corrected chi connectivity index (χ3v) is 3.06. The first-order valence-corrected chi connectivity index (χ1v) is 4.01. The van der Waals surface area contributed by atoms with Crippen LogP contribution in [0.15, 0.2) is 0 Å². The van der Waals surface area contributed by atoms with Gasteiger partial charge in [-0.05, 0) is 26.3 Å². The van der Waals surface area contributed by atoms with Crippen LogP contribution in [0.25, 0.3) is 0 Å². The third kappa shape index (κ3) is 0.789. The highest BCUT2D eigenvalue weighted by Gasteiger charge is 2.52. The maximum atomic E-state index is 5.32. The molecule has 0 N–H and O–H groups in total. The highest BCUT2D eigenvalue weighted by atomic mass is 16.5. The molecule has 1 saturated heterocycles.